The molecule has 0 radical (unpaired) electrons. The first-order chi connectivity index (χ1) is 9.51. The van der Waals surface area contributed by atoms with Crippen LogP contribution in [-0.4, -0.2) is 20.3 Å². The summed E-state index contributed by atoms with van der Waals surface area (Å²) in [6.45, 7) is 8.29. The average Bonchev–Trinajstić information content (AvgIpc) is 3.08. The van der Waals surface area contributed by atoms with Gasteiger partial charge < -0.3 is 14.8 Å². The predicted octanol–water partition coefficient (Wildman–Crippen LogP) is 3.40. The molecule has 20 heavy (non-hydrogen) atoms. The fraction of sp³-hybridized carbons (Fsp3) is 0.647. The molecular weight excluding hydrogens is 250 g/mol. The van der Waals surface area contributed by atoms with Gasteiger partial charge in [-0.25, -0.2) is 0 Å². The Balaban J connectivity index is 1.84. The van der Waals surface area contributed by atoms with Crippen molar-refractivity contribution in [2.45, 2.75) is 33.2 Å². The van der Waals surface area contributed by atoms with Crippen LogP contribution in [0.15, 0.2) is 18.2 Å². The van der Waals surface area contributed by atoms with Crippen molar-refractivity contribution in [1.29, 1.82) is 0 Å². The van der Waals surface area contributed by atoms with E-state index < -0.39 is 0 Å². The Bertz CT molecular complexity index is 498. The first-order valence-electron chi connectivity index (χ1n) is 7.58. The van der Waals surface area contributed by atoms with Crippen LogP contribution in [0.5, 0.6) is 11.5 Å². The van der Waals surface area contributed by atoms with E-state index in [0.717, 1.165) is 24.7 Å². The van der Waals surface area contributed by atoms with Crippen LogP contribution in [0.25, 0.3) is 0 Å². The highest BCUT2D eigenvalue weighted by atomic mass is 16.5. The Morgan fingerprint density at radius 1 is 1.20 bits per heavy atom. The Morgan fingerprint density at radius 3 is 2.45 bits per heavy atom. The quantitative estimate of drug-likeness (QED) is 0.917. The number of fused-ring (bicyclic) bond motifs is 1. The van der Waals surface area contributed by atoms with Gasteiger partial charge in [-0.1, -0.05) is 26.8 Å². The monoisotopic (exact) mass is 275 g/mol. The molecule has 0 amide bonds. The Labute approximate surface area is 121 Å². The van der Waals surface area contributed by atoms with Crippen LogP contribution in [-0.2, 0) is 0 Å². The van der Waals surface area contributed by atoms with E-state index in [-0.39, 0.29) is 0 Å². The maximum Gasteiger partial charge on any atom is 0.161 e. The van der Waals surface area contributed by atoms with Crippen molar-refractivity contribution in [3.63, 3.8) is 0 Å². The third-order valence-corrected chi connectivity index (χ3v) is 4.68. The second-order valence-electron chi connectivity index (χ2n) is 7.00. The zero-order chi connectivity index (χ0) is 14.3. The molecule has 1 aliphatic heterocycles. The number of ether oxygens (including phenoxy) is 2. The molecule has 110 valence electrons. The van der Waals surface area contributed by atoms with Gasteiger partial charge in [0.25, 0.3) is 0 Å². The van der Waals surface area contributed by atoms with Crippen molar-refractivity contribution in [2.24, 2.45) is 17.3 Å². The number of hydrogen-bond donors (Lipinski definition) is 1. The van der Waals surface area contributed by atoms with E-state index in [2.05, 4.69) is 44.3 Å². The number of benzene rings is 1. The van der Waals surface area contributed by atoms with Crippen molar-refractivity contribution >= 4 is 0 Å². The van der Waals surface area contributed by atoms with Crippen molar-refractivity contribution in [3.8, 4) is 11.5 Å². The van der Waals surface area contributed by atoms with Gasteiger partial charge in [0.2, 0.25) is 0 Å². The first kappa shape index (κ1) is 13.7. The highest BCUT2D eigenvalue weighted by molar-refractivity contribution is 5.44. The molecule has 1 aromatic rings. The summed E-state index contributed by atoms with van der Waals surface area (Å²) in [5.74, 6) is 2.91. The van der Waals surface area contributed by atoms with Crippen LogP contribution in [0.4, 0.5) is 0 Å². The van der Waals surface area contributed by atoms with Crippen LogP contribution >= 0.6 is 0 Å². The highest BCUT2D eigenvalue weighted by Crippen LogP contribution is 2.58. The molecule has 3 unspecified atom stereocenters. The molecule has 0 bridgehead atoms. The maximum absolute atomic E-state index is 5.90. The predicted molar refractivity (Wildman–Crippen MR) is 80.3 cm³/mol. The molecule has 3 nitrogen and oxygen atoms in total. The third-order valence-electron chi connectivity index (χ3n) is 4.68. The van der Waals surface area contributed by atoms with Crippen LogP contribution < -0.4 is 14.8 Å². The van der Waals surface area contributed by atoms with Gasteiger partial charge in [0.15, 0.2) is 11.5 Å². The van der Waals surface area contributed by atoms with Gasteiger partial charge in [-0.05, 0) is 42.5 Å². The smallest absolute Gasteiger partial charge is 0.161 e. The summed E-state index contributed by atoms with van der Waals surface area (Å²) in [6, 6.07) is 6.79. The lowest BCUT2D eigenvalue weighted by Gasteiger charge is -2.20. The van der Waals surface area contributed by atoms with Gasteiger partial charge in [-0.15, -0.1) is 0 Å². The largest absolute Gasteiger partial charge is 0.489 e. The van der Waals surface area contributed by atoms with Gasteiger partial charge in [0, 0.05) is 12.0 Å². The summed E-state index contributed by atoms with van der Waals surface area (Å²) >= 11 is 0. The van der Waals surface area contributed by atoms with Crippen molar-refractivity contribution in [2.75, 3.05) is 20.3 Å². The molecule has 0 aromatic heterocycles. The summed E-state index contributed by atoms with van der Waals surface area (Å²) in [5, 5.41) is 3.47. The van der Waals surface area contributed by atoms with Gasteiger partial charge in [-0.3, -0.25) is 0 Å². The van der Waals surface area contributed by atoms with E-state index in [1.165, 1.54) is 12.0 Å². The second kappa shape index (κ2) is 4.96. The fourth-order valence-electron chi connectivity index (χ4n) is 3.14. The van der Waals surface area contributed by atoms with Crippen LogP contribution in [0.1, 0.15) is 38.8 Å². The summed E-state index contributed by atoms with van der Waals surface area (Å²) in [5.41, 5.74) is 1.76. The first-order valence-corrected chi connectivity index (χ1v) is 7.58. The van der Waals surface area contributed by atoms with Crippen LogP contribution in [0.2, 0.25) is 0 Å². The zero-order valence-electron chi connectivity index (χ0n) is 12.9. The number of rotatable bonds is 3. The topological polar surface area (TPSA) is 30.5 Å². The number of hydrogen-bond acceptors (Lipinski definition) is 3. The minimum atomic E-state index is 0.402. The maximum atomic E-state index is 5.90. The average molecular weight is 275 g/mol. The minimum absolute atomic E-state index is 0.402. The molecule has 1 heterocycles. The SMILES string of the molecule is CNC(c1ccc2c(c1)OCC(C)CO2)C1CC1(C)C. The third kappa shape index (κ3) is 2.51. The lowest BCUT2D eigenvalue weighted by molar-refractivity contribution is 0.228. The van der Waals surface area contributed by atoms with Gasteiger partial charge in [-0.2, -0.15) is 0 Å². The van der Waals surface area contributed by atoms with Crippen molar-refractivity contribution < 1.29 is 9.47 Å². The molecule has 1 aliphatic carbocycles. The van der Waals surface area contributed by atoms with Crippen molar-refractivity contribution in [1.82, 2.24) is 5.32 Å². The van der Waals surface area contributed by atoms with Gasteiger partial charge >= 0.3 is 0 Å². The van der Waals surface area contributed by atoms with E-state index in [0.29, 0.717) is 23.3 Å². The summed E-state index contributed by atoms with van der Waals surface area (Å²) < 4.78 is 11.7. The molecule has 0 spiro atoms. The van der Waals surface area contributed by atoms with Crippen molar-refractivity contribution in [3.05, 3.63) is 23.8 Å². The van der Waals surface area contributed by atoms with E-state index >= 15 is 0 Å². The summed E-state index contributed by atoms with van der Waals surface area (Å²) in [6.07, 6.45) is 1.28. The molecule has 3 rings (SSSR count). The molecule has 2 aliphatic rings. The van der Waals surface area contributed by atoms with E-state index in [1.807, 2.05) is 7.05 Å². The zero-order valence-corrected chi connectivity index (χ0v) is 12.9. The second-order valence-corrected chi connectivity index (χ2v) is 7.00. The Morgan fingerprint density at radius 2 is 1.85 bits per heavy atom. The molecule has 3 atom stereocenters. The number of nitrogens with one attached hydrogen (secondary N) is 1. The Hall–Kier alpha value is -1.22. The highest BCUT2D eigenvalue weighted by Gasteiger charge is 2.50. The lowest BCUT2D eigenvalue weighted by Crippen LogP contribution is -2.20. The molecule has 3 heteroatoms. The van der Waals surface area contributed by atoms with Crippen LogP contribution in [0.3, 0.4) is 0 Å². The normalized spacial score (nSPS) is 28.6. The van der Waals surface area contributed by atoms with E-state index in [1.54, 1.807) is 0 Å². The molecule has 1 N–H and O–H groups in total. The van der Waals surface area contributed by atoms with Gasteiger partial charge in [0.1, 0.15) is 0 Å². The van der Waals surface area contributed by atoms with Gasteiger partial charge in [0.05, 0.1) is 13.2 Å². The minimum Gasteiger partial charge on any atom is -0.489 e. The molecule has 1 saturated carbocycles. The molecule has 1 aromatic carbocycles. The molecule has 1 fully saturated rings. The molecule has 0 saturated heterocycles. The standard InChI is InChI=1S/C17H25NO2/c1-11-9-19-14-6-5-12(7-15(14)20-10-11)16(18-4)13-8-17(13,2)3/h5-7,11,13,16,18H,8-10H2,1-4H3. The molecular formula is C17H25NO2. The summed E-state index contributed by atoms with van der Waals surface area (Å²) in [4.78, 5) is 0. The van der Waals surface area contributed by atoms with E-state index in [9.17, 15) is 0 Å². The fourth-order valence-corrected chi connectivity index (χ4v) is 3.14. The Kier molecular flexibility index (Phi) is 3.41. The lowest BCUT2D eigenvalue weighted by atomic mass is 9.97. The van der Waals surface area contributed by atoms with E-state index in [4.69, 9.17) is 9.47 Å². The summed E-state index contributed by atoms with van der Waals surface area (Å²) in [7, 11) is 2.05. The van der Waals surface area contributed by atoms with Crippen LogP contribution in [0, 0.1) is 17.3 Å².